The SMILES string of the molecule is CC1(C)CC(O)(C2(C(=O)O)CCCOC2)CO1. The highest BCUT2D eigenvalue weighted by molar-refractivity contribution is 5.77. The lowest BCUT2D eigenvalue weighted by atomic mass is 9.66. The Bertz CT molecular complexity index is 319. The van der Waals surface area contributed by atoms with Crippen molar-refractivity contribution in [2.24, 2.45) is 5.41 Å². The van der Waals surface area contributed by atoms with E-state index < -0.39 is 22.6 Å². The number of hydrogen-bond donors (Lipinski definition) is 2. The van der Waals surface area contributed by atoms with Crippen molar-refractivity contribution in [2.75, 3.05) is 19.8 Å². The Balaban J connectivity index is 2.30. The molecule has 0 aromatic rings. The van der Waals surface area contributed by atoms with E-state index in [0.29, 0.717) is 25.9 Å². The Labute approximate surface area is 101 Å². The first-order chi connectivity index (χ1) is 7.81. The zero-order valence-corrected chi connectivity index (χ0v) is 10.4. The van der Waals surface area contributed by atoms with Crippen LogP contribution in [0.4, 0.5) is 0 Å². The quantitative estimate of drug-likeness (QED) is 0.751. The van der Waals surface area contributed by atoms with E-state index in [1.54, 1.807) is 0 Å². The monoisotopic (exact) mass is 244 g/mol. The minimum Gasteiger partial charge on any atom is -0.481 e. The summed E-state index contributed by atoms with van der Waals surface area (Å²) in [5, 5.41) is 20.2. The van der Waals surface area contributed by atoms with E-state index in [1.807, 2.05) is 13.8 Å². The van der Waals surface area contributed by atoms with E-state index in [0.717, 1.165) is 0 Å². The summed E-state index contributed by atoms with van der Waals surface area (Å²) in [5.41, 5.74) is -3.03. The number of carboxylic acids is 1. The molecular formula is C12H20O5. The van der Waals surface area contributed by atoms with Crippen LogP contribution in [0.5, 0.6) is 0 Å². The van der Waals surface area contributed by atoms with Gasteiger partial charge in [0.25, 0.3) is 0 Å². The minimum absolute atomic E-state index is 0.0651. The molecule has 2 aliphatic heterocycles. The molecular weight excluding hydrogens is 224 g/mol. The van der Waals surface area contributed by atoms with Crippen LogP contribution < -0.4 is 0 Å². The van der Waals surface area contributed by atoms with Crippen LogP contribution in [0, 0.1) is 5.41 Å². The summed E-state index contributed by atoms with van der Waals surface area (Å²) >= 11 is 0. The second kappa shape index (κ2) is 3.93. The molecule has 2 aliphatic rings. The molecule has 17 heavy (non-hydrogen) atoms. The van der Waals surface area contributed by atoms with Gasteiger partial charge >= 0.3 is 5.97 Å². The third-order valence-electron chi connectivity index (χ3n) is 3.96. The lowest BCUT2D eigenvalue weighted by Gasteiger charge is -2.43. The van der Waals surface area contributed by atoms with Crippen molar-refractivity contribution >= 4 is 5.97 Å². The van der Waals surface area contributed by atoms with E-state index in [9.17, 15) is 15.0 Å². The topological polar surface area (TPSA) is 76.0 Å². The molecule has 0 bridgehead atoms. The van der Waals surface area contributed by atoms with Crippen LogP contribution in [0.15, 0.2) is 0 Å². The fourth-order valence-electron chi connectivity index (χ4n) is 2.96. The molecule has 2 saturated heterocycles. The van der Waals surface area contributed by atoms with E-state index in [-0.39, 0.29) is 13.2 Å². The van der Waals surface area contributed by atoms with Crippen molar-refractivity contribution in [1.82, 2.24) is 0 Å². The van der Waals surface area contributed by atoms with Gasteiger partial charge in [-0.15, -0.1) is 0 Å². The van der Waals surface area contributed by atoms with Crippen molar-refractivity contribution in [3.8, 4) is 0 Å². The van der Waals surface area contributed by atoms with Gasteiger partial charge in [0, 0.05) is 13.0 Å². The second-order valence-corrected chi connectivity index (χ2v) is 5.80. The highest BCUT2D eigenvalue weighted by Crippen LogP contribution is 2.48. The van der Waals surface area contributed by atoms with Crippen molar-refractivity contribution in [3.05, 3.63) is 0 Å². The van der Waals surface area contributed by atoms with E-state index >= 15 is 0 Å². The number of rotatable bonds is 2. The van der Waals surface area contributed by atoms with Gasteiger partial charge in [0.15, 0.2) is 0 Å². The van der Waals surface area contributed by atoms with E-state index in [1.165, 1.54) is 0 Å². The second-order valence-electron chi connectivity index (χ2n) is 5.80. The summed E-state index contributed by atoms with van der Waals surface area (Å²) in [6.07, 6.45) is 1.43. The third-order valence-corrected chi connectivity index (χ3v) is 3.96. The molecule has 0 aromatic heterocycles. The molecule has 98 valence electrons. The molecule has 0 saturated carbocycles. The highest BCUT2D eigenvalue weighted by atomic mass is 16.5. The molecule has 0 amide bonds. The maximum Gasteiger partial charge on any atom is 0.315 e. The van der Waals surface area contributed by atoms with Gasteiger partial charge in [0.05, 0.1) is 18.8 Å². The van der Waals surface area contributed by atoms with Crippen LogP contribution in [-0.4, -0.2) is 47.2 Å². The number of carboxylic acid groups (broad SMARTS) is 1. The van der Waals surface area contributed by atoms with E-state index in [4.69, 9.17) is 9.47 Å². The fraction of sp³-hybridized carbons (Fsp3) is 0.917. The molecule has 5 heteroatoms. The molecule has 2 fully saturated rings. The Morgan fingerprint density at radius 3 is 2.41 bits per heavy atom. The largest absolute Gasteiger partial charge is 0.481 e. The molecule has 0 aliphatic carbocycles. The number of ether oxygens (including phenoxy) is 2. The molecule has 2 atom stereocenters. The molecule has 2 rings (SSSR count). The summed E-state index contributed by atoms with van der Waals surface area (Å²) < 4.78 is 10.8. The first-order valence-electron chi connectivity index (χ1n) is 5.99. The van der Waals surface area contributed by atoms with Gasteiger partial charge in [0.1, 0.15) is 11.0 Å². The average molecular weight is 244 g/mol. The van der Waals surface area contributed by atoms with Gasteiger partial charge in [-0.2, -0.15) is 0 Å². The maximum absolute atomic E-state index is 11.6. The van der Waals surface area contributed by atoms with Gasteiger partial charge in [-0.3, -0.25) is 4.79 Å². The first-order valence-corrected chi connectivity index (χ1v) is 5.99. The van der Waals surface area contributed by atoms with Crippen molar-refractivity contribution in [1.29, 1.82) is 0 Å². The molecule has 2 unspecified atom stereocenters. The summed E-state index contributed by atoms with van der Waals surface area (Å²) in [4.78, 5) is 11.6. The normalized spacial score (nSPS) is 41.4. The van der Waals surface area contributed by atoms with Gasteiger partial charge < -0.3 is 19.7 Å². The number of carbonyl (C=O) groups is 1. The van der Waals surface area contributed by atoms with E-state index in [2.05, 4.69) is 0 Å². The predicted octanol–water partition coefficient (Wildman–Crippen LogP) is 0.798. The summed E-state index contributed by atoms with van der Waals surface area (Å²) in [6.45, 7) is 4.43. The van der Waals surface area contributed by atoms with Gasteiger partial charge in [-0.05, 0) is 26.7 Å². The van der Waals surface area contributed by atoms with Crippen LogP contribution in [0.25, 0.3) is 0 Å². The number of hydrogen-bond acceptors (Lipinski definition) is 4. The number of aliphatic carboxylic acids is 1. The molecule has 2 heterocycles. The maximum atomic E-state index is 11.6. The summed E-state index contributed by atoms with van der Waals surface area (Å²) in [6, 6.07) is 0. The Kier molecular flexibility index (Phi) is 2.96. The zero-order valence-electron chi connectivity index (χ0n) is 10.4. The van der Waals surface area contributed by atoms with Gasteiger partial charge in [-0.25, -0.2) is 0 Å². The molecule has 0 radical (unpaired) electrons. The van der Waals surface area contributed by atoms with Gasteiger partial charge in [0.2, 0.25) is 0 Å². The average Bonchev–Trinajstić information content (AvgIpc) is 2.55. The molecule has 5 nitrogen and oxygen atoms in total. The lowest BCUT2D eigenvalue weighted by Crippen LogP contribution is -2.58. The lowest BCUT2D eigenvalue weighted by molar-refractivity contribution is -0.189. The Morgan fingerprint density at radius 1 is 1.29 bits per heavy atom. The fourth-order valence-corrected chi connectivity index (χ4v) is 2.96. The predicted molar refractivity (Wildman–Crippen MR) is 59.7 cm³/mol. The smallest absolute Gasteiger partial charge is 0.315 e. The summed E-state index contributed by atoms with van der Waals surface area (Å²) in [5.74, 6) is -0.985. The number of aliphatic hydroxyl groups is 1. The molecule has 0 spiro atoms. The third kappa shape index (κ3) is 1.96. The highest BCUT2D eigenvalue weighted by Gasteiger charge is 2.61. The minimum atomic E-state index is -1.33. The first kappa shape index (κ1) is 12.8. The van der Waals surface area contributed by atoms with Crippen LogP contribution in [-0.2, 0) is 14.3 Å². The Hall–Kier alpha value is -0.650. The Morgan fingerprint density at radius 2 is 2.00 bits per heavy atom. The van der Waals surface area contributed by atoms with Gasteiger partial charge in [-0.1, -0.05) is 0 Å². The van der Waals surface area contributed by atoms with Crippen LogP contribution in [0.3, 0.4) is 0 Å². The van der Waals surface area contributed by atoms with Crippen molar-refractivity contribution < 1.29 is 24.5 Å². The van der Waals surface area contributed by atoms with Crippen LogP contribution >= 0.6 is 0 Å². The van der Waals surface area contributed by atoms with Crippen molar-refractivity contribution in [2.45, 2.75) is 44.3 Å². The van der Waals surface area contributed by atoms with Crippen LogP contribution in [0.1, 0.15) is 33.1 Å². The summed E-state index contributed by atoms with van der Waals surface area (Å²) in [7, 11) is 0. The molecule has 2 N–H and O–H groups in total. The van der Waals surface area contributed by atoms with Crippen molar-refractivity contribution in [3.63, 3.8) is 0 Å². The molecule has 0 aromatic carbocycles. The zero-order chi connectivity index (χ0) is 12.7. The van der Waals surface area contributed by atoms with Crippen LogP contribution in [0.2, 0.25) is 0 Å². The standard InChI is InChI=1S/C12H20O5/c1-10(2)6-12(15,8-17-10)11(9(13)14)4-3-5-16-7-11/h15H,3-8H2,1-2H3,(H,13,14).